The Morgan fingerprint density at radius 3 is 2.81 bits per heavy atom. The van der Waals surface area contributed by atoms with Crippen LogP contribution in [0.15, 0.2) is 30.5 Å². The van der Waals surface area contributed by atoms with Gasteiger partial charge in [-0.05, 0) is 31.0 Å². The number of hydrogen-bond donors (Lipinski definition) is 1. The molecule has 2 aromatic rings. The molecule has 0 aliphatic carbocycles. The van der Waals surface area contributed by atoms with E-state index in [1.165, 1.54) is 12.3 Å². The van der Waals surface area contributed by atoms with E-state index >= 15 is 0 Å². The second kappa shape index (κ2) is 5.18. The number of nitrogens with zero attached hydrogens (tertiary/aromatic N) is 2. The summed E-state index contributed by atoms with van der Waals surface area (Å²) in [5.41, 5.74) is 0.468. The molecule has 21 heavy (non-hydrogen) atoms. The molecular weight excluding hydrogens is 281 g/mol. The fourth-order valence-corrected chi connectivity index (χ4v) is 2.90. The van der Waals surface area contributed by atoms with E-state index in [9.17, 15) is 18.3 Å². The number of fused-ring (bicyclic) bond motifs is 1. The van der Waals surface area contributed by atoms with Gasteiger partial charge in [0.05, 0.1) is 23.7 Å². The predicted molar refractivity (Wildman–Crippen MR) is 74.2 cm³/mol. The molecule has 1 aliphatic rings. The van der Waals surface area contributed by atoms with Crippen LogP contribution >= 0.6 is 0 Å². The molecule has 0 saturated carbocycles. The van der Waals surface area contributed by atoms with E-state index < -0.39 is 11.7 Å². The van der Waals surface area contributed by atoms with Crippen LogP contribution in [-0.2, 0) is 6.18 Å². The Bertz CT molecular complexity index is 657. The third kappa shape index (κ3) is 2.55. The van der Waals surface area contributed by atoms with Gasteiger partial charge in [0.1, 0.15) is 0 Å². The summed E-state index contributed by atoms with van der Waals surface area (Å²) in [6.45, 7) is 0.843. The summed E-state index contributed by atoms with van der Waals surface area (Å²) >= 11 is 0. The van der Waals surface area contributed by atoms with Crippen molar-refractivity contribution < 1.29 is 18.3 Å². The summed E-state index contributed by atoms with van der Waals surface area (Å²) in [6, 6.07) is 5.44. The van der Waals surface area contributed by atoms with Crippen molar-refractivity contribution in [3.05, 3.63) is 36.0 Å². The van der Waals surface area contributed by atoms with Crippen LogP contribution in [0.5, 0.6) is 0 Å². The van der Waals surface area contributed by atoms with E-state index in [-0.39, 0.29) is 12.6 Å². The second-order valence-electron chi connectivity index (χ2n) is 5.23. The van der Waals surface area contributed by atoms with Crippen LogP contribution in [0.4, 0.5) is 18.9 Å². The largest absolute Gasteiger partial charge is 0.416 e. The van der Waals surface area contributed by atoms with Gasteiger partial charge in [0.25, 0.3) is 0 Å². The number of pyridine rings is 1. The van der Waals surface area contributed by atoms with Crippen molar-refractivity contribution in [1.29, 1.82) is 0 Å². The van der Waals surface area contributed by atoms with E-state index in [0.29, 0.717) is 10.9 Å². The number of halogens is 3. The topological polar surface area (TPSA) is 36.4 Å². The van der Waals surface area contributed by atoms with E-state index in [1.807, 2.05) is 0 Å². The first-order chi connectivity index (χ1) is 10.0. The van der Waals surface area contributed by atoms with Crippen LogP contribution in [0.25, 0.3) is 10.9 Å². The molecule has 0 amide bonds. The van der Waals surface area contributed by atoms with Gasteiger partial charge in [-0.25, -0.2) is 0 Å². The lowest BCUT2D eigenvalue weighted by molar-refractivity contribution is -0.137. The minimum Gasteiger partial charge on any atom is -0.394 e. The smallest absolute Gasteiger partial charge is 0.394 e. The molecule has 6 heteroatoms. The highest BCUT2D eigenvalue weighted by Crippen LogP contribution is 2.35. The van der Waals surface area contributed by atoms with Crippen LogP contribution in [0.2, 0.25) is 0 Å². The average molecular weight is 296 g/mol. The van der Waals surface area contributed by atoms with Gasteiger partial charge in [0.15, 0.2) is 0 Å². The molecule has 0 spiro atoms. The first-order valence-corrected chi connectivity index (χ1v) is 6.84. The van der Waals surface area contributed by atoms with Gasteiger partial charge in [-0.3, -0.25) is 4.98 Å². The molecule has 1 aromatic carbocycles. The molecule has 1 N–H and O–H groups in total. The minimum atomic E-state index is -4.37. The lowest BCUT2D eigenvalue weighted by Gasteiger charge is -2.26. The zero-order valence-electron chi connectivity index (χ0n) is 11.3. The highest BCUT2D eigenvalue weighted by Gasteiger charge is 2.31. The first-order valence-electron chi connectivity index (χ1n) is 6.84. The Morgan fingerprint density at radius 1 is 1.29 bits per heavy atom. The second-order valence-corrected chi connectivity index (χ2v) is 5.23. The number of aliphatic hydroxyl groups excluding tert-OH is 1. The van der Waals surface area contributed by atoms with Crippen molar-refractivity contribution in [1.82, 2.24) is 4.98 Å². The number of benzene rings is 1. The van der Waals surface area contributed by atoms with Crippen molar-refractivity contribution >= 4 is 16.6 Å². The third-order valence-electron chi connectivity index (χ3n) is 3.94. The maximum atomic E-state index is 12.8. The Labute approximate surface area is 120 Å². The van der Waals surface area contributed by atoms with Crippen molar-refractivity contribution in [2.45, 2.75) is 25.1 Å². The van der Waals surface area contributed by atoms with E-state index in [1.54, 1.807) is 6.07 Å². The summed E-state index contributed by atoms with van der Waals surface area (Å²) in [4.78, 5) is 6.10. The predicted octanol–water partition coefficient (Wildman–Crippen LogP) is 3.21. The molecule has 0 unspecified atom stereocenters. The van der Waals surface area contributed by atoms with Crippen molar-refractivity contribution in [2.24, 2.45) is 0 Å². The SMILES string of the molecule is OC[C@@H]1CCCN1c1ccnc2cc(C(F)(F)F)ccc12. The molecule has 112 valence electrons. The third-order valence-corrected chi connectivity index (χ3v) is 3.94. The number of aromatic nitrogens is 1. The normalized spacial score (nSPS) is 19.4. The summed E-state index contributed by atoms with van der Waals surface area (Å²) in [6.07, 6.45) is -0.992. The summed E-state index contributed by atoms with van der Waals surface area (Å²) in [5, 5.41) is 10.1. The number of alkyl halides is 3. The Morgan fingerprint density at radius 2 is 2.10 bits per heavy atom. The first kappa shape index (κ1) is 14.1. The Balaban J connectivity index is 2.08. The Hall–Kier alpha value is -1.82. The van der Waals surface area contributed by atoms with Gasteiger partial charge < -0.3 is 10.0 Å². The number of rotatable bonds is 2. The lowest BCUT2D eigenvalue weighted by atomic mass is 10.1. The highest BCUT2D eigenvalue weighted by atomic mass is 19.4. The van der Waals surface area contributed by atoms with Gasteiger partial charge >= 0.3 is 6.18 Å². The van der Waals surface area contributed by atoms with Crippen molar-refractivity contribution in [2.75, 3.05) is 18.1 Å². The summed E-state index contributed by atoms with van der Waals surface area (Å²) < 4.78 is 38.3. The number of anilines is 1. The van der Waals surface area contributed by atoms with Crippen LogP contribution in [0.3, 0.4) is 0 Å². The van der Waals surface area contributed by atoms with Gasteiger partial charge in [0.2, 0.25) is 0 Å². The maximum Gasteiger partial charge on any atom is 0.416 e. The molecule has 0 radical (unpaired) electrons. The molecule has 3 rings (SSSR count). The molecule has 1 atom stereocenters. The molecule has 0 bridgehead atoms. The van der Waals surface area contributed by atoms with Gasteiger partial charge in [-0.15, -0.1) is 0 Å². The van der Waals surface area contributed by atoms with E-state index in [0.717, 1.165) is 37.2 Å². The summed E-state index contributed by atoms with van der Waals surface area (Å²) in [7, 11) is 0. The zero-order chi connectivity index (χ0) is 15.0. The molecule has 1 aliphatic heterocycles. The van der Waals surface area contributed by atoms with Crippen LogP contribution < -0.4 is 4.90 Å². The van der Waals surface area contributed by atoms with Gasteiger partial charge in [-0.1, -0.05) is 6.07 Å². The molecule has 2 heterocycles. The van der Waals surface area contributed by atoms with Gasteiger partial charge in [-0.2, -0.15) is 13.2 Å². The van der Waals surface area contributed by atoms with E-state index in [2.05, 4.69) is 9.88 Å². The fraction of sp³-hybridized carbons (Fsp3) is 0.400. The van der Waals surface area contributed by atoms with Crippen LogP contribution in [0.1, 0.15) is 18.4 Å². The monoisotopic (exact) mass is 296 g/mol. The lowest BCUT2D eigenvalue weighted by Crippen LogP contribution is -2.32. The molecule has 1 aromatic heterocycles. The molecule has 1 fully saturated rings. The van der Waals surface area contributed by atoms with E-state index in [4.69, 9.17) is 0 Å². The van der Waals surface area contributed by atoms with Crippen molar-refractivity contribution in [3.8, 4) is 0 Å². The zero-order valence-corrected chi connectivity index (χ0v) is 11.3. The molecular formula is C15H15F3N2O. The number of hydrogen-bond acceptors (Lipinski definition) is 3. The Kier molecular flexibility index (Phi) is 3.49. The maximum absolute atomic E-state index is 12.8. The standard InChI is InChI=1S/C15H15F3N2O/c16-15(17,18)10-3-4-12-13(8-10)19-6-5-14(12)20-7-1-2-11(20)9-21/h3-6,8,11,21H,1-2,7,9H2/t11-/m0/s1. The quantitative estimate of drug-likeness (QED) is 0.924. The van der Waals surface area contributed by atoms with Gasteiger partial charge in [0, 0.05) is 23.8 Å². The van der Waals surface area contributed by atoms with Crippen LogP contribution in [0, 0.1) is 0 Å². The minimum absolute atomic E-state index is 0.0258. The fourth-order valence-electron chi connectivity index (χ4n) is 2.90. The van der Waals surface area contributed by atoms with Crippen molar-refractivity contribution in [3.63, 3.8) is 0 Å². The highest BCUT2D eigenvalue weighted by molar-refractivity contribution is 5.92. The summed E-state index contributed by atoms with van der Waals surface area (Å²) in [5.74, 6) is 0. The molecule has 1 saturated heterocycles. The van der Waals surface area contributed by atoms with Crippen LogP contribution in [-0.4, -0.2) is 29.3 Å². The molecule has 3 nitrogen and oxygen atoms in total. The average Bonchev–Trinajstić information content (AvgIpc) is 2.93. The number of aliphatic hydroxyl groups is 1.